The minimum Gasteiger partial charge on any atom is -0.368 e. The quantitative estimate of drug-likeness (QED) is 0.654. The van der Waals surface area contributed by atoms with Gasteiger partial charge in [0.2, 0.25) is 0 Å². The van der Waals surface area contributed by atoms with E-state index in [-0.39, 0.29) is 23.5 Å². The zero-order chi connectivity index (χ0) is 21.1. The molecule has 7 nitrogen and oxygen atoms in total. The standard InChI is InChI=1S/C22H23FN4O3/c1-27-18-8-7-16(25-22(29)19-6-3-11-30-19)13-17(18)26-20(27)9-10-24-21(28)14-4-2-5-15(23)12-14/h2,4-5,7-8,12-13,19H,3,6,9-11H2,1H3,(H,24,28)(H,25,29)/t19-/m1/s1. The lowest BCUT2D eigenvalue weighted by Crippen LogP contribution is -2.26. The van der Waals surface area contributed by atoms with Gasteiger partial charge in [-0.05, 0) is 49.2 Å². The first-order valence-electron chi connectivity index (χ1n) is 9.93. The van der Waals surface area contributed by atoms with E-state index in [1.807, 2.05) is 29.8 Å². The number of carbonyl (C=O) groups excluding carboxylic acids is 2. The number of benzene rings is 2. The lowest BCUT2D eigenvalue weighted by molar-refractivity contribution is -0.124. The minimum absolute atomic E-state index is 0.136. The monoisotopic (exact) mass is 410 g/mol. The first kappa shape index (κ1) is 20.0. The van der Waals surface area contributed by atoms with Gasteiger partial charge in [0.1, 0.15) is 17.7 Å². The number of fused-ring (bicyclic) bond motifs is 1. The van der Waals surface area contributed by atoms with Crippen molar-refractivity contribution in [1.82, 2.24) is 14.9 Å². The number of rotatable bonds is 6. The number of nitrogens with zero attached hydrogens (tertiary/aromatic N) is 2. The number of halogens is 1. The normalized spacial score (nSPS) is 16.0. The Morgan fingerprint density at radius 3 is 2.90 bits per heavy atom. The molecule has 1 aliphatic rings. The van der Waals surface area contributed by atoms with Gasteiger partial charge in [0.05, 0.1) is 11.0 Å². The van der Waals surface area contributed by atoms with Crippen LogP contribution in [-0.2, 0) is 23.0 Å². The van der Waals surface area contributed by atoms with Crippen LogP contribution in [0.5, 0.6) is 0 Å². The highest BCUT2D eigenvalue weighted by Gasteiger charge is 2.23. The summed E-state index contributed by atoms with van der Waals surface area (Å²) in [6, 6.07) is 11.2. The van der Waals surface area contributed by atoms with Crippen molar-refractivity contribution in [3.05, 3.63) is 59.7 Å². The number of hydrogen-bond acceptors (Lipinski definition) is 4. The maximum atomic E-state index is 13.3. The summed E-state index contributed by atoms with van der Waals surface area (Å²) in [6.07, 6.45) is 1.77. The Labute approximate surface area is 173 Å². The lowest BCUT2D eigenvalue weighted by atomic mass is 10.2. The first-order valence-corrected chi connectivity index (χ1v) is 9.93. The van der Waals surface area contributed by atoms with Crippen LogP contribution in [0.15, 0.2) is 42.5 Å². The molecule has 1 atom stereocenters. The SMILES string of the molecule is Cn1c(CCNC(=O)c2cccc(F)c2)nc2cc(NC(=O)[C@H]3CCCO3)ccc21. The van der Waals surface area contributed by atoms with E-state index in [1.54, 1.807) is 6.07 Å². The van der Waals surface area contributed by atoms with E-state index >= 15 is 0 Å². The van der Waals surface area contributed by atoms with Gasteiger partial charge in [-0.2, -0.15) is 0 Å². The third kappa shape index (κ3) is 4.33. The van der Waals surface area contributed by atoms with E-state index in [2.05, 4.69) is 15.6 Å². The number of aromatic nitrogens is 2. The van der Waals surface area contributed by atoms with Crippen LogP contribution in [0.3, 0.4) is 0 Å². The zero-order valence-electron chi connectivity index (χ0n) is 16.7. The fourth-order valence-electron chi connectivity index (χ4n) is 3.58. The van der Waals surface area contributed by atoms with Crippen molar-refractivity contribution in [2.24, 2.45) is 7.05 Å². The Morgan fingerprint density at radius 2 is 2.13 bits per heavy atom. The van der Waals surface area contributed by atoms with E-state index in [1.165, 1.54) is 18.2 Å². The van der Waals surface area contributed by atoms with Crippen molar-refractivity contribution < 1.29 is 18.7 Å². The Bertz CT molecular complexity index is 1090. The van der Waals surface area contributed by atoms with Crippen LogP contribution >= 0.6 is 0 Å². The van der Waals surface area contributed by atoms with Crippen LogP contribution in [0, 0.1) is 5.82 Å². The van der Waals surface area contributed by atoms with Gasteiger partial charge in [0.25, 0.3) is 11.8 Å². The van der Waals surface area contributed by atoms with Crippen LogP contribution in [0.25, 0.3) is 11.0 Å². The van der Waals surface area contributed by atoms with Crippen molar-refractivity contribution in [2.45, 2.75) is 25.4 Å². The molecule has 1 aromatic heterocycles. The third-order valence-corrected chi connectivity index (χ3v) is 5.18. The summed E-state index contributed by atoms with van der Waals surface area (Å²) in [5, 5.41) is 5.67. The molecule has 3 aromatic rings. The second-order valence-electron chi connectivity index (χ2n) is 7.30. The summed E-state index contributed by atoms with van der Waals surface area (Å²) < 4.78 is 20.6. The molecule has 0 saturated carbocycles. The van der Waals surface area contributed by atoms with Gasteiger partial charge in [0, 0.05) is 37.9 Å². The largest absolute Gasteiger partial charge is 0.368 e. The van der Waals surface area contributed by atoms with Gasteiger partial charge < -0.3 is 19.9 Å². The number of nitrogens with one attached hydrogen (secondary N) is 2. The minimum atomic E-state index is -0.444. The molecule has 2 N–H and O–H groups in total. The zero-order valence-corrected chi connectivity index (χ0v) is 16.7. The maximum Gasteiger partial charge on any atom is 0.253 e. The number of aryl methyl sites for hydroxylation is 1. The van der Waals surface area contributed by atoms with Crippen LogP contribution in [-0.4, -0.2) is 40.6 Å². The van der Waals surface area contributed by atoms with Crippen molar-refractivity contribution in [3.8, 4) is 0 Å². The molecular formula is C22H23FN4O3. The van der Waals surface area contributed by atoms with E-state index in [0.29, 0.717) is 25.3 Å². The average Bonchev–Trinajstić information content (AvgIpc) is 3.37. The summed E-state index contributed by atoms with van der Waals surface area (Å²) in [6.45, 7) is 0.992. The maximum absolute atomic E-state index is 13.3. The number of ether oxygens (including phenoxy) is 1. The number of hydrogen-bond donors (Lipinski definition) is 2. The molecule has 30 heavy (non-hydrogen) atoms. The molecule has 4 rings (SSSR count). The van der Waals surface area contributed by atoms with Crippen molar-refractivity contribution in [1.29, 1.82) is 0 Å². The topological polar surface area (TPSA) is 85.3 Å². The second kappa shape index (κ2) is 8.62. The van der Waals surface area contributed by atoms with E-state index < -0.39 is 5.82 Å². The summed E-state index contributed by atoms with van der Waals surface area (Å²) in [4.78, 5) is 29.0. The van der Waals surface area contributed by atoms with E-state index in [0.717, 1.165) is 29.7 Å². The Kier molecular flexibility index (Phi) is 5.76. The number of carbonyl (C=O) groups is 2. The molecule has 0 aliphatic carbocycles. The van der Waals surface area contributed by atoms with Gasteiger partial charge in [0.15, 0.2) is 0 Å². The molecule has 0 radical (unpaired) electrons. The molecule has 1 aliphatic heterocycles. The van der Waals surface area contributed by atoms with Crippen molar-refractivity contribution in [2.75, 3.05) is 18.5 Å². The molecule has 0 unspecified atom stereocenters. The molecule has 8 heteroatoms. The summed E-state index contributed by atoms with van der Waals surface area (Å²) in [5.74, 6) is -0.108. The van der Waals surface area contributed by atoms with Gasteiger partial charge in [-0.3, -0.25) is 9.59 Å². The molecule has 0 bridgehead atoms. The second-order valence-corrected chi connectivity index (χ2v) is 7.30. The highest BCUT2D eigenvalue weighted by Crippen LogP contribution is 2.21. The van der Waals surface area contributed by atoms with Gasteiger partial charge >= 0.3 is 0 Å². The van der Waals surface area contributed by atoms with Crippen LogP contribution in [0.4, 0.5) is 10.1 Å². The summed E-state index contributed by atoms with van der Waals surface area (Å²) in [5.41, 5.74) is 2.64. The lowest BCUT2D eigenvalue weighted by Gasteiger charge is -2.10. The molecule has 1 saturated heterocycles. The van der Waals surface area contributed by atoms with Crippen molar-refractivity contribution in [3.63, 3.8) is 0 Å². The fraction of sp³-hybridized carbons (Fsp3) is 0.318. The molecule has 2 aromatic carbocycles. The predicted molar refractivity (Wildman–Crippen MR) is 111 cm³/mol. The molecule has 1 fully saturated rings. The van der Waals surface area contributed by atoms with Gasteiger partial charge in [-0.15, -0.1) is 0 Å². The van der Waals surface area contributed by atoms with Crippen molar-refractivity contribution >= 4 is 28.5 Å². The number of imidazole rings is 1. The molecule has 2 amide bonds. The van der Waals surface area contributed by atoms with Crippen LogP contribution in [0.2, 0.25) is 0 Å². The Balaban J connectivity index is 1.40. The highest BCUT2D eigenvalue weighted by molar-refractivity contribution is 5.96. The fourth-order valence-corrected chi connectivity index (χ4v) is 3.58. The van der Waals surface area contributed by atoms with Crippen LogP contribution in [0.1, 0.15) is 29.0 Å². The van der Waals surface area contributed by atoms with Gasteiger partial charge in [-0.1, -0.05) is 6.07 Å². The number of anilines is 1. The highest BCUT2D eigenvalue weighted by atomic mass is 19.1. The average molecular weight is 410 g/mol. The Morgan fingerprint density at radius 1 is 1.27 bits per heavy atom. The van der Waals surface area contributed by atoms with E-state index in [4.69, 9.17) is 4.74 Å². The third-order valence-electron chi connectivity index (χ3n) is 5.18. The summed E-state index contributed by atoms with van der Waals surface area (Å²) in [7, 11) is 1.91. The molecular weight excluding hydrogens is 387 g/mol. The first-order chi connectivity index (χ1) is 14.5. The molecule has 0 spiro atoms. The van der Waals surface area contributed by atoms with Gasteiger partial charge in [-0.25, -0.2) is 9.37 Å². The smallest absolute Gasteiger partial charge is 0.253 e. The van der Waals surface area contributed by atoms with E-state index in [9.17, 15) is 14.0 Å². The molecule has 156 valence electrons. The Hall–Kier alpha value is -3.26. The molecule has 2 heterocycles. The van der Waals surface area contributed by atoms with Crippen LogP contribution < -0.4 is 10.6 Å². The summed E-state index contributed by atoms with van der Waals surface area (Å²) >= 11 is 0. The number of amides is 2. The predicted octanol–water partition coefficient (Wildman–Crippen LogP) is 2.80.